The van der Waals surface area contributed by atoms with E-state index in [2.05, 4.69) is 4.98 Å². The highest BCUT2D eigenvalue weighted by molar-refractivity contribution is 6.16. The molecule has 0 atom stereocenters. The first kappa shape index (κ1) is 11.9. The van der Waals surface area contributed by atoms with E-state index in [9.17, 15) is 4.79 Å². The van der Waals surface area contributed by atoms with Gasteiger partial charge in [0.2, 0.25) is 0 Å². The number of fused-ring (bicyclic) bond motifs is 1. The molecule has 3 nitrogen and oxygen atoms in total. The van der Waals surface area contributed by atoms with Gasteiger partial charge in [0.1, 0.15) is 5.82 Å². The lowest BCUT2D eigenvalue weighted by Crippen LogP contribution is -2.23. The van der Waals surface area contributed by atoms with Crippen molar-refractivity contribution in [3.05, 3.63) is 70.8 Å². The van der Waals surface area contributed by atoms with Crippen molar-refractivity contribution in [2.45, 2.75) is 5.88 Å². The van der Waals surface area contributed by atoms with E-state index in [4.69, 9.17) is 11.6 Å². The zero-order chi connectivity index (χ0) is 13.2. The zero-order valence-corrected chi connectivity index (χ0v) is 10.8. The third kappa shape index (κ3) is 2.02. The Morgan fingerprint density at radius 1 is 1.00 bits per heavy atom. The highest BCUT2D eigenvalue weighted by atomic mass is 35.5. The van der Waals surface area contributed by atoms with Gasteiger partial charge in [-0.15, -0.1) is 11.6 Å². The van der Waals surface area contributed by atoms with Crippen molar-refractivity contribution in [1.29, 1.82) is 0 Å². The molecule has 0 saturated heterocycles. The number of hydrogen-bond acceptors (Lipinski definition) is 2. The Hall–Kier alpha value is -2.13. The van der Waals surface area contributed by atoms with E-state index in [-0.39, 0.29) is 11.4 Å². The second-order valence-electron chi connectivity index (χ2n) is 4.15. The van der Waals surface area contributed by atoms with Crippen molar-refractivity contribution in [1.82, 2.24) is 9.55 Å². The topological polar surface area (TPSA) is 34.9 Å². The summed E-state index contributed by atoms with van der Waals surface area (Å²) < 4.78 is 1.56. The summed E-state index contributed by atoms with van der Waals surface area (Å²) in [5.74, 6) is 0.742. The third-order valence-corrected chi connectivity index (χ3v) is 3.22. The van der Waals surface area contributed by atoms with Crippen molar-refractivity contribution in [2.24, 2.45) is 0 Å². The van der Waals surface area contributed by atoms with E-state index in [0.717, 1.165) is 5.69 Å². The molecule has 0 aliphatic heterocycles. The molecular weight excluding hydrogens is 260 g/mol. The minimum atomic E-state index is -0.0903. The molecule has 0 amide bonds. The van der Waals surface area contributed by atoms with Crippen LogP contribution in [0.3, 0.4) is 0 Å². The number of benzene rings is 2. The monoisotopic (exact) mass is 270 g/mol. The second-order valence-corrected chi connectivity index (χ2v) is 4.42. The van der Waals surface area contributed by atoms with Gasteiger partial charge < -0.3 is 0 Å². The van der Waals surface area contributed by atoms with Crippen LogP contribution in [0, 0.1) is 0 Å². The zero-order valence-electron chi connectivity index (χ0n) is 10.1. The lowest BCUT2D eigenvalue weighted by molar-refractivity contribution is 0.881. The van der Waals surface area contributed by atoms with E-state index >= 15 is 0 Å². The van der Waals surface area contributed by atoms with E-state index < -0.39 is 0 Å². The van der Waals surface area contributed by atoms with Crippen molar-refractivity contribution in [3.63, 3.8) is 0 Å². The van der Waals surface area contributed by atoms with Crippen LogP contribution in [0.15, 0.2) is 59.4 Å². The molecule has 0 N–H and O–H groups in total. The Balaban J connectivity index is 2.41. The smallest absolute Gasteiger partial charge is 0.266 e. The van der Waals surface area contributed by atoms with Crippen LogP contribution in [0.25, 0.3) is 16.6 Å². The van der Waals surface area contributed by atoms with Gasteiger partial charge in [0, 0.05) is 0 Å². The molecule has 0 unspecified atom stereocenters. The van der Waals surface area contributed by atoms with E-state index in [0.29, 0.717) is 16.7 Å². The third-order valence-electron chi connectivity index (χ3n) is 2.98. The molecule has 0 spiro atoms. The van der Waals surface area contributed by atoms with Crippen LogP contribution in [0.2, 0.25) is 0 Å². The molecule has 1 heterocycles. The normalized spacial score (nSPS) is 10.8. The van der Waals surface area contributed by atoms with Crippen LogP contribution in [-0.4, -0.2) is 9.55 Å². The molecule has 3 aromatic rings. The van der Waals surface area contributed by atoms with Crippen LogP contribution in [-0.2, 0) is 5.88 Å². The molecule has 0 aliphatic carbocycles. The number of aromatic nitrogens is 2. The summed E-state index contributed by atoms with van der Waals surface area (Å²) in [4.78, 5) is 17.0. The fraction of sp³-hybridized carbons (Fsp3) is 0.0667. The van der Waals surface area contributed by atoms with E-state index in [1.54, 1.807) is 10.6 Å². The Bertz CT molecular complexity index is 781. The fourth-order valence-corrected chi connectivity index (χ4v) is 2.29. The first-order valence-electron chi connectivity index (χ1n) is 5.93. The van der Waals surface area contributed by atoms with Crippen LogP contribution in [0.1, 0.15) is 5.82 Å². The SMILES string of the molecule is O=c1c2ccccc2nc(CCl)n1-c1ccccc1. The number of nitrogens with zero attached hydrogens (tertiary/aromatic N) is 2. The van der Waals surface area contributed by atoms with Crippen LogP contribution in [0.5, 0.6) is 0 Å². The van der Waals surface area contributed by atoms with Gasteiger partial charge in [-0.25, -0.2) is 4.98 Å². The molecule has 3 rings (SSSR count). The summed E-state index contributed by atoms with van der Waals surface area (Å²) in [6.07, 6.45) is 0. The summed E-state index contributed by atoms with van der Waals surface area (Å²) in [6.45, 7) is 0. The maximum absolute atomic E-state index is 12.6. The molecule has 0 bridgehead atoms. The van der Waals surface area contributed by atoms with Crippen molar-refractivity contribution in [3.8, 4) is 5.69 Å². The number of para-hydroxylation sites is 2. The summed E-state index contributed by atoms with van der Waals surface area (Å²) >= 11 is 5.93. The molecule has 94 valence electrons. The fourth-order valence-electron chi connectivity index (χ4n) is 2.11. The quantitative estimate of drug-likeness (QED) is 0.671. The standard InChI is InChI=1S/C15H11ClN2O/c16-10-14-17-13-9-5-4-8-12(13)15(19)18(14)11-6-2-1-3-7-11/h1-9H,10H2. The molecule has 0 aliphatic rings. The van der Waals surface area contributed by atoms with E-state index in [1.807, 2.05) is 48.5 Å². The Morgan fingerprint density at radius 2 is 1.68 bits per heavy atom. The average Bonchev–Trinajstić information content (AvgIpc) is 2.48. The molecule has 4 heteroatoms. The van der Waals surface area contributed by atoms with Crippen LogP contribution < -0.4 is 5.56 Å². The van der Waals surface area contributed by atoms with Crippen LogP contribution in [0.4, 0.5) is 0 Å². The van der Waals surface area contributed by atoms with Gasteiger partial charge in [-0.3, -0.25) is 9.36 Å². The number of hydrogen-bond donors (Lipinski definition) is 0. The van der Waals surface area contributed by atoms with Gasteiger partial charge in [-0.05, 0) is 24.3 Å². The van der Waals surface area contributed by atoms with Crippen molar-refractivity contribution >= 4 is 22.5 Å². The molecule has 19 heavy (non-hydrogen) atoms. The highest BCUT2D eigenvalue weighted by Crippen LogP contribution is 2.13. The summed E-state index contributed by atoms with van der Waals surface area (Å²) in [5, 5.41) is 0.597. The average molecular weight is 271 g/mol. The minimum absolute atomic E-state index is 0.0903. The van der Waals surface area contributed by atoms with Crippen LogP contribution >= 0.6 is 11.6 Å². The van der Waals surface area contributed by atoms with Gasteiger partial charge >= 0.3 is 0 Å². The predicted molar refractivity (Wildman–Crippen MR) is 76.9 cm³/mol. The van der Waals surface area contributed by atoms with Gasteiger partial charge in [0.15, 0.2) is 0 Å². The van der Waals surface area contributed by atoms with Gasteiger partial charge in [-0.2, -0.15) is 0 Å². The first-order valence-corrected chi connectivity index (χ1v) is 6.47. The maximum Gasteiger partial charge on any atom is 0.266 e. The summed E-state index contributed by atoms with van der Waals surface area (Å²) in [7, 11) is 0. The summed E-state index contributed by atoms with van der Waals surface area (Å²) in [5.41, 5.74) is 1.36. The van der Waals surface area contributed by atoms with Crippen molar-refractivity contribution in [2.75, 3.05) is 0 Å². The van der Waals surface area contributed by atoms with Gasteiger partial charge in [0.05, 0.1) is 22.5 Å². The number of alkyl halides is 1. The largest absolute Gasteiger partial charge is 0.268 e. The van der Waals surface area contributed by atoms with Crippen molar-refractivity contribution < 1.29 is 0 Å². The molecule has 0 fully saturated rings. The lowest BCUT2D eigenvalue weighted by atomic mass is 10.2. The molecule has 1 aromatic heterocycles. The molecule has 0 saturated carbocycles. The maximum atomic E-state index is 12.6. The number of rotatable bonds is 2. The highest BCUT2D eigenvalue weighted by Gasteiger charge is 2.11. The first-order chi connectivity index (χ1) is 9.31. The molecule has 0 radical (unpaired) electrons. The Morgan fingerprint density at radius 3 is 2.42 bits per heavy atom. The predicted octanol–water partition coefficient (Wildman–Crippen LogP) is 3.12. The second kappa shape index (κ2) is 4.86. The van der Waals surface area contributed by atoms with E-state index in [1.165, 1.54) is 0 Å². The molecular formula is C15H11ClN2O. The van der Waals surface area contributed by atoms with Gasteiger partial charge in [-0.1, -0.05) is 30.3 Å². The minimum Gasteiger partial charge on any atom is -0.268 e. The molecule has 2 aromatic carbocycles. The lowest BCUT2D eigenvalue weighted by Gasteiger charge is -2.11. The van der Waals surface area contributed by atoms with Gasteiger partial charge in [0.25, 0.3) is 5.56 Å². The summed E-state index contributed by atoms with van der Waals surface area (Å²) in [6, 6.07) is 16.7. The number of halogens is 1. The Kier molecular flexibility index (Phi) is 3.05. The Labute approximate surface area is 115 Å².